The first-order valence-electron chi connectivity index (χ1n) is 10.6. The number of hydrogen-bond acceptors (Lipinski definition) is 9. The molecule has 2 amide bonds. The molecule has 0 saturated carbocycles. The molecule has 1 aliphatic heterocycles. The maximum Gasteiger partial charge on any atom is 0.267 e. The van der Waals surface area contributed by atoms with Crippen molar-refractivity contribution in [1.82, 2.24) is 10.2 Å². The van der Waals surface area contributed by atoms with Gasteiger partial charge in [-0.2, -0.15) is 0 Å². The highest BCUT2D eigenvalue weighted by Gasteiger charge is 2.39. The van der Waals surface area contributed by atoms with E-state index in [2.05, 4.69) is 10.3 Å². The molecule has 4 N–H and O–H groups in total. The van der Waals surface area contributed by atoms with E-state index in [1.54, 1.807) is 37.3 Å². The van der Waals surface area contributed by atoms with E-state index in [1.165, 1.54) is 19.1 Å². The number of aromatic hydroxyl groups is 1. The Labute approximate surface area is 206 Å². The van der Waals surface area contributed by atoms with Gasteiger partial charge in [-0.25, -0.2) is 4.99 Å². The fraction of sp³-hybridized carbons (Fsp3) is 0.250. The van der Waals surface area contributed by atoms with Crippen LogP contribution in [0.15, 0.2) is 52.4 Å². The van der Waals surface area contributed by atoms with Crippen LogP contribution in [-0.2, 0) is 14.4 Å². The quantitative estimate of drug-likeness (QED) is 0.352. The van der Waals surface area contributed by atoms with Crippen molar-refractivity contribution in [3.05, 3.63) is 52.9 Å². The molecule has 0 unspecified atom stereocenters. The van der Waals surface area contributed by atoms with Gasteiger partial charge in [0.1, 0.15) is 12.3 Å². The maximum absolute atomic E-state index is 13.4. The Morgan fingerprint density at radius 2 is 1.86 bits per heavy atom. The molecule has 0 bridgehead atoms. The van der Waals surface area contributed by atoms with E-state index in [0.717, 1.165) is 11.8 Å². The first kappa shape index (κ1) is 25.8. The minimum Gasteiger partial charge on any atom is -0.502 e. The molecule has 0 radical (unpaired) electrons. The highest BCUT2D eigenvalue weighted by atomic mass is 32.2. The SMILES string of the molecule is COc1cc(/C=C2\S/C(=N\c3ccccc3)N([C@@H](C)C(=O)N[C@H](C=O)CN)C2=O)cc(OC)c1O. The number of aldehydes is 1. The number of aliphatic imine (C=N–C) groups is 1. The summed E-state index contributed by atoms with van der Waals surface area (Å²) in [4.78, 5) is 43.5. The molecule has 2 atom stereocenters. The van der Waals surface area contributed by atoms with Crippen molar-refractivity contribution in [2.24, 2.45) is 10.7 Å². The summed E-state index contributed by atoms with van der Waals surface area (Å²) in [6.07, 6.45) is 2.14. The van der Waals surface area contributed by atoms with Gasteiger partial charge in [0.25, 0.3) is 5.91 Å². The molecular weight excluding hydrogens is 472 g/mol. The van der Waals surface area contributed by atoms with Crippen LogP contribution in [0.25, 0.3) is 6.08 Å². The Morgan fingerprint density at radius 3 is 2.40 bits per heavy atom. The number of ether oxygens (including phenoxy) is 2. The number of hydrogen-bond donors (Lipinski definition) is 3. The number of phenolic OH excluding ortho intramolecular Hbond substituents is 1. The number of amidine groups is 1. The molecule has 1 fully saturated rings. The summed E-state index contributed by atoms with van der Waals surface area (Å²) in [7, 11) is 2.81. The standard InChI is InChI=1S/C24H26N4O6S/c1-14(22(31)26-17(12-25)13-29)28-23(32)20(35-24(28)27-16-7-5-4-6-8-16)11-15-9-18(33-2)21(30)19(10-15)34-3/h4-11,13-14,17,30H,12,25H2,1-3H3,(H,26,31)/b20-11-,27-24-/t14-,17-/m0/s1. The Kier molecular flexibility index (Phi) is 8.50. The average molecular weight is 499 g/mol. The number of benzene rings is 2. The van der Waals surface area contributed by atoms with E-state index in [-0.39, 0.29) is 23.8 Å². The Bertz CT molecular complexity index is 1140. The number of nitrogens with zero attached hydrogens (tertiary/aromatic N) is 2. The topological polar surface area (TPSA) is 144 Å². The summed E-state index contributed by atoms with van der Waals surface area (Å²) in [5.41, 5.74) is 6.64. The van der Waals surface area contributed by atoms with Gasteiger partial charge in [0.2, 0.25) is 11.7 Å². The highest BCUT2D eigenvalue weighted by molar-refractivity contribution is 8.18. The number of rotatable bonds is 9. The molecule has 0 aromatic heterocycles. The van der Waals surface area contributed by atoms with Crippen LogP contribution in [-0.4, -0.2) is 66.1 Å². The minimum absolute atomic E-state index is 0.0642. The molecule has 2 aromatic carbocycles. The number of phenols is 1. The van der Waals surface area contributed by atoms with E-state index in [1.807, 2.05) is 18.2 Å². The van der Waals surface area contributed by atoms with Gasteiger partial charge in [0.15, 0.2) is 16.7 Å². The van der Waals surface area contributed by atoms with Crippen molar-refractivity contribution in [3.8, 4) is 17.2 Å². The first-order valence-corrected chi connectivity index (χ1v) is 11.4. The van der Waals surface area contributed by atoms with Crippen LogP contribution < -0.4 is 20.5 Å². The van der Waals surface area contributed by atoms with Crippen LogP contribution in [0.5, 0.6) is 17.2 Å². The van der Waals surface area contributed by atoms with Crippen LogP contribution in [0.1, 0.15) is 12.5 Å². The number of nitrogens with two attached hydrogens (primary N) is 1. The molecule has 2 aromatic rings. The normalized spacial score (nSPS) is 17.4. The summed E-state index contributed by atoms with van der Waals surface area (Å²) in [6.45, 7) is 1.48. The van der Waals surface area contributed by atoms with Crippen molar-refractivity contribution in [2.45, 2.75) is 19.0 Å². The molecule has 0 spiro atoms. The number of carbonyl (C=O) groups is 3. The summed E-state index contributed by atoms with van der Waals surface area (Å²) in [6, 6.07) is 10.3. The van der Waals surface area contributed by atoms with Crippen molar-refractivity contribution < 1.29 is 29.0 Å². The Morgan fingerprint density at radius 1 is 1.23 bits per heavy atom. The predicted octanol–water partition coefficient (Wildman–Crippen LogP) is 2.04. The number of carbonyl (C=O) groups excluding carboxylic acids is 3. The van der Waals surface area contributed by atoms with Crippen molar-refractivity contribution in [1.29, 1.82) is 0 Å². The summed E-state index contributed by atoms with van der Waals surface area (Å²) in [5.74, 6) is -0.803. The van der Waals surface area contributed by atoms with Gasteiger partial charge in [0, 0.05) is 6.54 Å². The van der Waals surface area contributed by atoms with Gasteiger partial charge in [0.05, 0.1) is 30.9 Å². The number of thioether (sulfide) groups is 1. The zero-order valence-electron chi connectivity index (χ0n) is 19.4. The fourth-order valence-electron chi connectivity index (χ4n) is 3.24. The molecule has 1 aliphatic rings. The third-order valence-corrected chi connectivity index (χ3v) is 6.11. The predicted molar refractivity (Wildman–Crippen MR) is 134 cm³/mol. The molecule has 11 heteroatoms. The van der Waals surface area contributed by atoms with Crippen LogP contribution in [0, 0.1) is 0 Å². The molecular formula is C24H26N4O6S. The molecule has 35 heavy (non-hydrogen) atoms. The molecule has 10 nitrogen and oxygen atoms in total. The van der Waals surface area contributed by atoms with Crippen LogP contribution in [0.2, 0.25) is 0 Å². The van der Waals surface area contributed by atoms with Gasteiger partial charge in [-0.1, -0.05) is 18.2 Å². The van der Waals surface area contributed by atoms with Crippen LogP contribution >= 0.6 is 11.8 Å². The third-order valence-electron chi connectivity index (χ3n) is 5.13. The van der Waals surface area contributed by atoms with E-state index in [4.69, 9.17) is 15.2 Å². The third kappa shape index (κ3) is 5.81. The summed E-state index contributed by atoms with van der Waals surface area (Å²) >= 11 is 1.09. The number of nitrogens with one attached hydrogen (secondary N) is 1. The second-order valence-corrected chi connectivity index (χ2v) is 8.46. The number of amides is 2. The monoisotopic (exact) mass is 498 g/mol. The van der Waals surface area contributed by atoms with E-state index in [9.17, 15) is 19.5 Å². The molecule has 3 rings (SSSR count). The largest absolute Gasteiger partial charge is 0.502 e. The second kappa shape index (κ2) is 11.5. The van der Waals surface area contributed by atoms with Crippen molar-refractivity contribution in [2.75, 3.05) is 20.8 Å². The second-order valence-electron chi connectivity index (χ2n) is 7.45. The number of methoxy groups -OCH3 is 2. The fourth-order valence-corrected chi connectivity index (χ4v) is 4.30. The van der Waals surface area contributed by atoms with E-state index >= 15 is 0 Å². The van der Waals surface area contributed by atoms with Gasteiger partial charge in [-0.15, -0.1) is 0 Å². The zero-order chi connectivity index (χ0) is 25.5. The Hall–Kier alpha value is -3.83. The summed E-state index contributed by atoms with van der Waals surface area (Å²) < 4.78 is 10.4. The van der Waals surface area contributed by atoms with E-state index in [0.29, 0.717) is 27.6 Å². The lowest BCUT2D eigenvalue weighted by Gasteiger charge is -2.24. The Balaban J connectivity index is 2.02. The summed E-state index contributed by atoms with van der Waals surface area (Å²) in [5, 5.41) is 13.0. The van der Waals surface area contributed by atoms with Crippen molar-refractivity contribution in [3.63, 3.8) is 0 Å². The van der Waals surface area contributed by atoms with Crippen LogP contribution in [0.4, 0.5) is 5.69 Å². The molecule has 0 aliphatic carbocycles. The number of para-hydroxylation sites is 1. The smallest absolute Gasteiger partial charge is 0.267 e. The first-order chi connectivity index (χ1) is 16.8. The van der Waals surface area contributed by atoms with Gasteiger partial charge >= 0.3 is 0 Å². The highest BCUT2D eigenvalue weighted by Crippen LogP contribution is 2.40. The van der Waals surface area contributed by atoms with Gasteiger partial charge < -0.3 is 30.4 Å². The lowest BCUT2D eigenvalue weighted by atomic mass is 10.1. The minimum atomic E-state index is -0.971. The zero-order valence-corrected chi connectivity index (χ0v) is 20.2. The molecule has 1 heterocycles. The van der Waals surface area contributed by atoms with Gasteiger partial charge in [-0.05, 0) is 54.6 Å². The lowest BCUT2D eigenvalue weighted by molar-refractivity contribution is -0.133. The molecule has 184 valence electrons. The van der Waals surface area contributed by atoms with Crippen molar-refractivity contribution >= 4 is 46.8 Å². The lowest BCUT2D eigenvalue weighted by Crippen LogP contribution is -2.52. The van der Waals surface area contributed by atoms with E-state index < -0.39 is 23.9 Å². The average Bonchev–Trinajstić information content (AvgIpc) is 3.17. The van der Waals surface area contributed by atoms with Crippen LogP contribution in [0.3, 0.4) is 0 Å². The molecule has 1 saturated heterocycles. The van der Waals surface area contributed by atoms with Gasteiger partial charge in [-0.3, -0.25) is 14.5 Å². The maximum atomic E-state index is 13.4.